The molecule has 0 saturated carbocycles. The molecular weight excluding hydrogens is 218 g/mol. The molecule has 0 aliphatic rings. The number of hydrogen-bond acceptors (Lipinski definition) is 4. The van der Waals surface area contributed by atoms with Gasteiger partial charge in [-0.15, -0.1) is 11.3 Å². The van der Waals surface area contributed by atoms with Crippen LogP contribution in [0.3, 0.4) is 0 Å². The van der Waals surface area contributed by atoms with Crippen molar-refractivity contribution in [3.63, 3.8) is 0 Å². The Morgan fingerprint density at radius 3 is 2.94 bits per heavy atom. The van der Waals surface area contributed by atoms with Crippen LogP contribution in [-0.2, 0) is 13.1 Å². The largest absolute Gasteiger partial charge is 0.399 e. The number of nitrogens with two attached hydrogens (primary N) is 1. The van der Waals surface area contributed by atoms with Gasteiger partial charge in [-0.3, -0.25) is 4.90 Å². The van der Waals surface area contributed by atoms with Gasteiger partial charge >= 0.3 is 0 Å². The quantitative estimate of drug-likeness (QED) is 0.824. The summed E-state index contributed by atoms with van der Waals surface area (Å²) < 4.78 is 0. The van der Waals surface area contributed by atoms with E-state index < -0.39 is 0 Å². The minimum Gasteiger partial charge on any atom is -0.399 e. The van der Waals surface area contributed by atoms with Gasteiger partial charge in [0.25, 0.3) is 0 Å². The summed E-state index contributed by atoms with van der Waals surface area (Å²) >= 11 is 1.63. The third-order valence-electron chi connectivity index (χ3n) is 2.32. The Bertz CT molecular complexity index is 439. The highest BCUT2D eigenvalue weighted by Gasteiger charge is 2.03. The van der Waals surface area contributed by atoms with E-state index in [-0.39, 0.29) is 0 Å². The van der Waals surface area contributed by atoms with Crippen LogP contribution in [0.25, 0.3) is 0 Å². The van der Waals surface area contributed by atoms with Crippen molar-refractivity contribution < 1.29 is 0 Å². The first-order valence-corrected chi connectivity index (χ1v) is 6.08. The number of thiazole rings is 1. The molecule has 2 N–H and O–H groups in total. The maximum absolute atomic E-state index is 5.74. The van der Waals surface area contributed by atoms with Crippen LogP contribution in [0.5, 0.6) is 0 Å². The van der Waals surface area contributed by atoms with Gasteiger partial charge in [-0.2, -0.15) is 0 Å². The van der Waals surface area contributed by atoms with Crippen molar-refractivity contribution in [3.8, 4) is 0 Å². The maximum Gasteiger partial charge on any atom is 0.0795 e. The zero-order valence-corrected chi connectivity index (χ0v) is 10.1. The van der Waals surface area contributed by atoms with Crippen LogP contribution in [0.4, 0.5) is 5.69 Å². The van der Waals surface area contributed by atoms with E-state index in [4.69, 9.17) is 5.73 Å². The molecule has 0 radical (unpaired) electrons. The van der Waals surface area contributed by atoms with Gasteiger partial charge in [0.05, 0.1) is 11.2 Å². The standard InChI is InChI=1S/C12H15N3S/c1-15(7-12-8-16-9-14-12)6-10-3-2-4-11(13)5-10/h2-5,8-9H,6-7,13H2,1H3. The van der Waals surface area contributed by atoms with E-state index in [2.05, 4.69) is 28.4 Å². The van der Waals surface area contributed by atoms with Gasteiger partial charge in [0.15, 0.2) is 0 Å². The van der Waals surface area contributed by atoms with Crippen molar-refractivity contribution in [2.24, 2.45) is 0 Å². The molecule has 0 aliphatic carbocycles. The van der Waals surface area contributed by atoms with Crippen molar-refractivity contribution in [2.75, 3.05) is 12.8 Å². The molecule has 16 heavy (non-hydrogen) atoms. The van der Waals surface area contributed by atoms with Crippen LogP contribution in [0.15, 0.2) is 35.2 Å². The van der Waals surface area contributed by atoms with E-state index in [1.54, 1.807) is 11.3 Å². The summed E-state index contributed by atoms with van der Waals surface area (Å²) in [6.07, 6.45) is 0. The number of aromatic nitrogens is 1. The minimum absolute atomic E-state index is 0.819. The second-order valence-electron chi connectivity index (χ2n) is 3.90. The fourth-order valence-electron chi connectivity index (χ4n) is 1.65. The van der Waals surface area contributed by atoms with E-state index in [1.165, 1.54) is 5.56 Å². The Morgan fingerprint density at radius 2 is 2.25 bits per heavy atom. The number of anilines is 1. The van der Waals surface area contributed by atoms with E-state index in [9.17, 15) is 0 Å². The summed E-state index contributed by atoms with van der Waals surface area (Å²) in [4.78, 5) is 6.49. The Kier molecular flexibility index (Phi) is 3.54. The molecule has 1 heterocycles. The van der Waals surface area contributed by atoms with Crippen molar-refractivity contribution in [1.82, 2.24) is 9.88 Å². The molecular formula is C12H15N3S. The molecule has 0 aliphatic heterocycles. The van der Waals surface area contributed by atoms with Crippen molar-refractivity contribution in [3.05, 3.63) is 46.4 Å². The number of benzene rings is 1. The lowest BCUT2D eigenvalue weighted by Crippen LogP contribution is -2.17. The first-order chi connectivity index (χ1) is 7.74. The first kappa shape index (κ1) is 11.1. The maximum atomic E-state index is 5.74. The fraction of sp³-hybridized carbons (Fsp3) is 0.250. The topological polar surface area (TPSA) is 42.1 Å². The van der Waals surface area contributed by atoms with Gasteiger partial charge in [-0.1, -0.05) is 12.1 Å². The van der Waals surface area contributed by atoms with Crippen LogP contribution in [0, 0.1) is 0 Å². The fourth-order valence-corrected chi connectivity index (χ4v) is 2.20. The Balaban J connectivity index is 1.94. The summed E-state index contributed by atoms with van der Waals surface area (Å²) in [5.41, 5.74) is 10.8. The average molecular weight is 233 g/mol. The number of hydrogen-bond donors (Lipinski definition) is 1. The highest BCUT2D eigenvalue weighted by atomic mass is 32.1. The highest BCUT2D eigenvalue weighted by molar-refractivity contribution is 7.07. The zero-order chi connectivity index (χ0) is 11.4. The molecule has 1 aromatic heterocycles. The van der Waals surface area contributed by atoms with Crippen LogP contribution in [-0.4, -0.2) is 16.9 Å². The Morgan fingerprint density at radius 1 is 1.38 bits per heavy atom. The third kappa shape index (κ3) is 3.05. The summed E-state index contributed by atoms with van der Waals surface area (Å²) in [6.45, 7) is 1.76. The number of nitrogens with zero attached hydrogens (tertiary/aromatic N) is 2. The van der Waals surface area contributed by atoms with Crippen molar-refractivity contribution in [2.45, 2.75) is 13.1 Å². The first-order valence-electron chi connectivity index (χ1n) is 5.14. The van der Waals surface area contributed by atoms with Crippen LogP contribution < -0.4 is 5.73 Å². The normalized spacial score (nSPS) is 10.9. The molecule has 0 unspecified atom stereocenters. The van der Waals surface area contributed by atoms with Crippen LogP contribution >= 0.6 is 11.3 Å². The molecule has 84 valence electrons. The van der Waals surface area contributed by atoms with Gasteiger partial charge < -0.3 is 5.73 Å². The molecule has 2 aromatic rings. The molecule has 1 aromatic carbocycles. The second kappa shape index (κ2) is 5.09. The van der Waals surface area contributed by atoms with Gasteiger partial charge in [0.2, 0.25) is 0 Å². The minimum atomic E-state index is 0.819. The zero-order valence-electron chi connectivity index (χ0n) is 9.26. The third-order valence-corrected chi connectivity index (χ3v) is 2.95. The van der Waals surface area contributed by atoms with Crippen molar-refractivity contribution >= 4 is 17.0 Å². The second-order valence-corrected chi connectivity index (χ2v) is 4.62. The van der Waals surface area contributed by atoms with Crippen LogP contribution in [0.1, 0.15) is 11.3 Å². The lowest BCUT2D eigenvalue weighted by atomic mass is 10.2. The highest BCUT2D eigenvalue weighted by Crippen LogP contribution is 2.11. The van der Waals surface area contributed by atoms with Gasteiger partial charge in [0.1, 0.15) is 0 Å². The molecule has 3 nitrogen and oxygen atoms in total. The van der Waals surface area contributed by atoms with Gasteiger partial charge in [-0.05, 0) is 24.7 Å². The molecule has 4 heteroatoms. The lowest BCUT2D eigenvalue weighted by molar-refractivity contribution is 0.316. The predicted molar refractivity (Wildman–Crippen MR) is 68.1 cm³/mol. The monoisotopic (exact) mass is 233 g/mol. The number of nitrogen functional groups attached to an aromatic ring is 1. The van der Waals surface area contributed by atoms with E-state index in [0.717, 1.165) is 24.5 Å². The lowest BCUT2D eigenvalue weighted by Gasteiger charge is -2.15. The summed E-state index contributed by atoms with van der Waals surface area (Å²) in [5, 5.41) is 2.08. The molecule has 2 rings (SSSR count). The summed E-state index contributed by atoms with van der Waals surface area (Å²) in [7, 11) is 2.09. The smallest absolute Gasteiger partial charge is 0.0795 e. The number of rotatable bonds is 4. The Labute approximate surface area is 99.5 Å². The van der Waals surface area contributed by atoms with Crippen LogP contribution in [0.2, 0.25) is 0 Å². The van der Waals surface area contributed by atoms with E-state index >= 15 is 0 Å². The molecule has 0 spiro atoms. The molecule has 0 saturated heterocycles. The average Bonchev–Trinajstić information content (AvgIpc) is 2.70. The molecule has 0 amide bonds. The molecule has 0 fully saturated rings. The summed E-state index contributed by atoms with van der Waals surface area (Å²) in [5.74, 6) is 0. The van der Waals surface area contributed by atoms with Gasteiger partial charge in [0, 0.05) is 24.2 Å². The molecule has 0 bridgehead atoms. The van der Waals surface area contributed by atoms with E-state index in [1.807, 2.05) is 23.7 Å². The SMILES string of the molecule is CN(Cc1cccc(N)c1)Cc1cscn1. The van der Waals surface area contributed by atoms with Crippen molar-refractivity contribution in [1.29, 1.82) is 0 Å². The predicted octanol–water partition coefficient (Wildman–Crippen LogP) is 2.36. The van der Waals surface area contributed by atoms with E-state index in [0.29, 0.717) is 0 Å². The Hall–Kier alpha value is -1.39. The molecule has 0 atom stereocenters. The summed E-state index contributed by atoms with van der Waals surface area (Å²) in [6, 6.07) is 8.00. The van der Waals surface area contributed by atoms with Gasteiger partial charge in [-0.25, -0.2) is 4.98 Å².